The summed E-state index contributed by atoms with van der Waals surface area (Å²) in [6.45, 7) is 17.9. The summed E-state index contributed by atoms with van der Waals surface area (Å²) in [5, 5.41) is 18.4. The van der Waals surface area contributed by atoms with Crippen LogP contribution in [0.4, 0.5) is 17.1 Å². The molecule has 0 radical (unpaired) electrons. The Hall–Kier alpha value is -4.19. The predicted molar refractivity (Wildman–Crippen MR) is 171 cm³/mol. The average molecular weight is 557 g/mol. The Morgan fingerprint density at radius 2 is 1.29 bits per heavy atom. The lowest BCUT2D eigenvalue weighted by atomic mass is 9.83. The lowest BCUT2D eigenvalue weighted by molar-refractivity contribution is 0.590. The minimum atomic E-state index is -0.270. The lowest BCUT2D eigenvalue weighted by Gasteiger charge is -2.29. The van der Waals surface area contributed by atoms with Crippen molar-refractivity contribution in [2.24, 2.45) is 0 Å². The monoisotopic (exact) mass is 556 g/mol. The van der Waals surface area contributed by atoms with Crippen molar-refractivity contribution >= 4 is 34.5 Å². The molecule has 0 N–H and O–H groups in total. The van der Waals surface area contributed by atoms with E-state index in [4.69, 9.17) is 4.98 Å². The highest BCUT2D eigenvalue weighted by atomic mass is 32.1. The summed E-state index contributed by atoms with van der Waals surface area (Å²) in [5.74, 6) is 0. The number of aromatic nitrogens is 1. The molecule has 2 aromatic heterocycles. The number of nitriles is 2. The van der Waals surface area contributed by atoms with Crippen molar-refractivity contribution < 1.29 is 0 Å². The summed E-state index contributed by atoms with van der Waals surface area (Å²) in [6, 6.07) is 26.0. The minimum Gasteiger partial charge on any atom is -0.309 e. The third-order valence-corrected chi connectivity index (χ3v) is 9.04. The molecule has 4 aromatic rings. The maximum atomic E-state index is 9.22. The molecule has 0 bridgehead atoms. The molecule has 0 fully saturated rings. The third kappa shape index (κ3) is 5.19. The smallest absolute Gasteiger partial charge is 0.131 e. The predicted octanol–water partition coefficient (Wildman–Crippen LogP) is 9.94. The van der Waals surface area contributed by atoms with Crippen molar-refractivity contribution in [1.82, 2.24) is 4.98 Å². The first-order valence-electron chi connectivity index (χ1n) is 13.9. The normalized spacial score (nSPS) is 13.5. The van der Waals surface area contributed by atoms with Crippen LogP contribution in [0.15, 0.2) is 72.4 Å². The van der Waals surface area contributed by atoms with Crippen LogP contribution in [-0.2, 0) is 16.2 Å². The molecule has 0 saturated heterocycles. The number of hydrogen-bond donors (Lipinski definition) is 0. The van der Waals surface area contributed by atoms with E-state index in [0.717, 1.165) is 32.5 Å². The van der Waals surface area contributed by atoms with Gasteiger partial charge in [0, 0.05) is 21.7 Å². The Labute approximate surface area is 248 Å². The maximum Gasteiger partial charge on any atom is 0.131 e. The van der Waals surface area contributed by atoms with Gasteiger partial charge in [-0.05, 0) is 75.6 Å². The lowest BCUT2D eigenvalue weighted by Crippen LogP contribution is -2.17. The first kappa shape index (κ1) is 28.3. The van der Waals surface area contributed by atoms with E-state index in [2.05, 4.69) is 121 Å². The highest BCUT2D eigenvalue weighted by Crippen LogP contribution is 2.53. The van der Waals surface area contributed by atoms with Crippen LogP contribution in [0.1, 0.15) is 82.5 Å². The fourth-order valence-corrected chi connectivity index (χ4v) is 6.67. The van der Waals surface area contributed by atoms with Gasteiger partial charge in [0.25, 0.3) is 0 Å². The zero-order valence-corrected chi connectivity index (χ0v) is 25.9. The molecule has 0 amide bonds. The highest BCUT2D eigenvalue weighted by Gasteiger charge is 2.39. The summed E-state index contributed by atoms with van der Waals surface area (Å²) in [5.41, 5.74) is 9.08. The Morgan fingerprint density at radius 1 is 0.780 bits per heavy atom. The number of anilines is 3. The van der Waals surface area contributed by atoms with Crippen LogP contribution in [0.3, 0.4) is 0 Å². The van der Waals surface area contributed by atoms with Crippen LogP contribution in [0.25, 0.3) is 16.6 Å². The molecule has 1 aliphatic rings. The number of fused-ring (bicyclic) bond motifs is 3. The number of benzene rings is 2. The second-order valence-corrected chi connectivity index (χ2v) is 14.4. The first-order chi connectivity index (χ1) is 19.2. The number of allylic oxidation sites excluding steroid dienone is 1. The number of rotatable bonds is 4. The SMILES string of the molecule is CC(C)(C)c1ccc(N(c2ccc(C(C)(C)C)cc2)c2cnc3c(c2)C(C)(C)c2cc(C=C(C#N)C#N)sc2-3)cc1. The number of hydrogen-bond acceptors (Lipinski definition) is 5. The summed E-state index contributed by atoms with van der Waals surface area (Å²) >= 11 is 1.59. The van der Waals surface area contributed by atoms with Gasteiger partial charge < -0.3 is 4.90 Å². The Bertz CT molecular complexity index is 1650. The molecule has 0 aliphatic heterocycles. The standard InChI is InChI=1S/C36H36N4S/c1-34(2,3)24-9-13-26(14-10-24)40(27-15-11-25(12-16-27)35(4,5)6)28-18-30-32(39-22-28)33-31(36(30,7)8)19-29(41-33)17-23(20-37)21-38/h9-19,22H,1-8H3. The molecular formula is C36H36N4S. The fraction of sp³-hybridized carbons (Fsp3) is 0.306. The van der Waals surface area contributed by atoms with Gasteiger partial charge in [-0.3, -0.25) is 4.98 Å². The van der Waals surface area contributed by atoms with E-state index >= 15 is 0 Å². The third-order valence-electron chi connectivity index (χ3n) is 7.95. The highest BCUT2D eigenvalue weighted by molar-refractivity contribution is 7.16. The first-order valence-corrected chi connectivity index (χ1v) is 14.7. The van der Waals surface area contributed by atoms with Crippen LogP contribution < -0.4 is 4.90 Å². The molecule has 206 valence electrons. The summed E-state index contributed by atoms with van der Waals surface area (Å²) in [7, 11) is 0. The minimum absolute atomic E-state index is 0.0730. The fourth-order valence-electron chi connectivity index (χ4n) is 5.40. The van der Waals surface area contributed by atoms with E-state index in [9.17, 15) is 10.5 Å². The molecule has 2 aromatic carbocycles. The molecule has 0 saturated carbocycles. The van der Waals surface area contributed by atoms with E-state index in [0.29, 0.717) is 0 Å². The van der Waals surface area contributed by atoms with E-state index in [1.807, 2.05) is 18.3 Å². The van der Waals surface area contributed by atoms with E-state index in [1.165, 1.54) is 22.3 Å². The molecule has 41 heavy (non-hydrogen) atoms. The van der Waals surface area contributed by atoms with Gasteiger partial charge in [-0.2, -0.15) is 10.5 Å². The molecule has 4 nitrogen and oxygen atoms in total. The largest absolute Gasteiger partial charge is 0.309 e. The molecule has 1 aliphatic carbocycles. The Kier molecular flexibility index (Phi) is 6.93. The van der Waals surface area contributed by atoms with Crippen LogP contribution in [0, 0.1) is 22.7 Å². The summed E-state index contributed by atoms with van der Waals surface area (Å²) in [4.78, 5) is 9.32. The van der Waals surface area contributed by atoms with Gasteiger partial charge in [0.05, 0.1) is 22.5 Å². The van der Waals surface area contributed by atoms with Crippen molar-refractivity contribution in [1.29, 1.82) is 10.5 Å². The summed E-state index contributed by atoms with van der Waals surface area (Å²) < 4.78 is 0. The van der Waals surface area contributed by atoms with Crippen molar-refractivity contribution in [3.05, 3.63) is 99.6 Å². The molecule has 0 unspecified atom stereocenters. The molecule has 5 heteroatoms. The van der Waals surface area contributed by atoms with E-state index < -0.39 is 0 Å². The van der Waals surface area contributed by atoms with Crippen LogP contribution in [0.5, 0.6) is 0 Å². The van der Waals surface area contributed by atoms with Crippen molar-refractivity contribution in [2.45, 2.75) is 71.6 Å². The van der Waals surface area contributed by atoms with Crippen molar-refractivity contribution in [3.63, 3.8) is 0 Å². The zero-order chi connectivity index (χ0) is 29.7. The molecule has 5 rings (SSSR count). The Balaban J connectivity index is 1.63. The number of nitrogens with zero attached hydrogens (tertiary/aromatic N) is 4. The van der Waals surface area contributed by atoms with Gasteiger partial charge in [0.2, 0.25) is 0 Å². The van der Waals surface area contributed by atoms with Crippen LogP contribution in [0.2, 0.25) is 0 Å². The van der Waals surface area contributed by atoms with Gasteiger partial charge in [-0.25, -0.2) is 0 Å². The second-order valence-electron chi connectivity index (χ2n) is 13.3. The second kappa shape index (κ2) is 10.0. The van der Waals surface area contributed by atoms with Gasteiger partial charge in [0.1, 0.15) is 17.7 Å². The summed E-state index contributed by atoms with van der Waals surface area (Å²) in [6.07, 6.45) is 3.63. The van der Waals surface area contributed by atoms with E-state index in [1.54, 1.807) is 17.4 Å². The molecular weight excluding hydrogens is 520 g/mol. The quantitative estimate of drug-likeness (QED) is 0.235. The topological polar surface area (TPSA) is 63.7 Å². The van der Waals surface area contributed by atoms with E-state index in [-0.39, 0.29) is 21.8 Å². The van der Waals surface area contributed by atoms with Crippen LogP contribution >= 0.6 is 11.3 Å². The van der Waals surface area contributed by atoms with Gasteiger partial charge in [-0.1, -0.05) is 79.7 Å². The average Bonchev–Trinajstić information content (AvgIpc) is 3.43. The Morgan fingerprint density at radius 3 is 1.76 bits per heavy atom. The van der Waals surface area contributed by atoms with Crippen molar-refractivity contribution in [3.8, 4) is 22.7 Å². The maximum absolute atomic E-state index is 9.22. The number of pyridine rings is 1. The number of thiophene rings is 1. The van der Waals surface area contributed by atoms with Gasteiger partial charge in [0.15, 0.2) is 0 Å². The van der Waals surface area contributed by atoms with Crippen LogP contribution in [-0.4, -0.2) is 4.98 Å². The molecule has 0 atom stereocenters. The van der Waals surface area contributed by atoms with Gasteiger partial charge >= 0.3 is 0 Å². The molecule has 0 spiro atoms. The van der Waals surface area contributed by atoms with Gasteiger partial charge in [-0.15, -0.1) is 11.3 Å². The van der Waals surface area contributed by atoms with Crippen molar-refractivity contribution in [2.75, 3.05) is 4.90 Å². The molecule has 2 heterocycles. The zero-order valence-electron chi connectivity index (χ0n) is 25.1.